The van der Waals surface area contributed by atoms with Gasteiger partial charge in [-0.3, -0.25) is 10.1 Å². The fraction of sp³-hybridized carbons (Fsp3) is 0. The third-order valence-corrected chi connectivity index (χ3v) is 3.96. The van der Waals surface area contributed by atoms with Crippen LogP contribution in [0.5, 0.6) is 0 Å². The number of halogens is 2. The Labute approximate surface area is 181 Å². The molecule has 3 aromatic rings. The van der Waals surface area contributed by atoms with Crippen molar-refractivity contribution in [1.82, 2.24) is 5.16 Å². The largest absolute Gasteiger partial charge is 0.409 e. The highest BCUT2D eigenvalue weighted by molar-refractivity contribution is 5.99. The number of oxime groups is 2. The Bertz CT molecular complexity index is 1100. The zero-order valence-electron chi connectivity index (χ0n) is 15.0. The van der Waals surface area contributed by atoms with Gasteiger partial charge in [-0.15, -0.1) is 24.8 Å². The first-order valence-corrected chi connectivity index (χ1v) is 7.76. The molecule has 0 fully saturated rings. The minimum Gasteiger partial charge on any atom is -0.409 e. The van der Waals surface area contributed by atoms with Gasteiger partial charge in [0, 0.05) is 28.8 Å². The molecule has 158 valence electrons. The number of benzene rings is 2. The molecule has 3 rings (SSSR count). The van der Waals surface area contributed by atoms with Crippen molar-refractivity contribution in [3.63, 3.8) is 0 Å². The van der Waals surface area contributed by atoms with Gasteiger partial charge in [-0.2, -0.15) is 0 Å². The summed E-state index contributed by atoms with van der Waals surface area (Å²) in [6.07, 6.45) is 0. The van der Waals surface area contributed by atoms with Crippen LogP contribution in [0, 0.1) is 10.1 Å². The molecule has 0 aliphatic heterocycles. The van der Waals surface area contributed by atoms with Crippen LogP contribution in [0.4, 0.5) is 5.69 Å². The average Bonchev–Trinajstić information content (AvgIpc) is 3.22. The van der Waals surface area contributed by atoms with E-state index in [1.54, 1.807) is 24.3 Å². The van der Waals surface area contributed by atoms with E-state index in [0.29, 0.717) is 16.9 Å². The lowest BCUT2D eigenvalue weighted by atomic mass is 10.0. The summed E-state index contributed by atoms with van der Waals surface area (Å²) in [4.78, 5) is 10.8. The van der Waals surface area contributed by atoms with Gasteiger partial charge in [0.1, 0.15) is 5.69 Å². The summed E-state index contributed by atoms with van der Waals surface area (Å²) in [6, 6.07) is 12.1. The van der Waals surface area contributed by atoms with Crippen molar-refractivity contribution in [2.45, 2.75) is 0 Å². The van der Waals surface area contributed by atoms with Crippen molar-refractivity contribution in [2.24, 2.45) is 21.8 Å². The van der Waals surface area contributed by atoms with Crippen molar-refractivity contribution < 1.29 is 19.9 Å². The fourth-order valence-corrected chi connectivity index (χ4v) is 2.52. The molecule has 30 heavy (non-hydrogen) atoms. The van der Waals surface area contributed by atoms with Gasteiger partial charge in [-0.1, -0.05) is 39.7 Å². The Balaban J connectivity index is 0.00000225. The van der Waals surface area contributed by atoms with Crippen molar-refractivity contribution in [3.05, 3.63) is 69.8 Å². The molecule has 0 saturated carbocycles. The highest BCUT2D eigenvalue weighted by atomic mass is 35.5. The molecule has 0 atom stereocenters. The van der Waals surface area contributed by atoms with Gasteiger partial charge in [-0.25, -0.2) is 0 Å². The number of nitro benzene ring substituents is 1. The lowest BCUT2D eigenvalue weighted by molar-refractivity contribution is -0.384. The Hall–Kier alpha value is -3.83. The van der Waals surface area contributed by atoms with Gasteiger partial charge in [0.25, 0.3) is 5.69 Å². The minimum absolute atomic E-state index is 0. The van der Waals surface area contributed by atoms with E-state index in [2.05, 4.69) is 15.5 Å². The molecule has 0 bridgehead atoms. The summed E-state index contributed by atoms with van der Waals surface area (Å²) in [6.45, 7) is 0. The predicted octanol–water partition coefficient (Wildman–Crippen LogP) is 2.95. The second-order valence-corrected chi connectivity index (χ2v) is 5.61. The predicted molar refractivity (Wildman–Crippen MR) is 114 cm³/mol. The zero-order valence-corrected chi connectivity index (χ0v) is 16.6. The van der Waals surface area contributed by atoms with E-state index in [-0.39, 0.29) is 59.0 Å². The molecule has 11 nitrogen and oxygen atoms in total. The first-order valence-electron chi connectivity index (χ1n) is 7.76. The first kappa shape index (κ1) is 24.2. The number of nitrogens with two attached hydrogens (primary N) is 2. The lowest BCUT2D eigenvalue weighted by Gasteiger charge is -2.03. The number of nitro groups is 1. The summed E-state index contributed by atoms with van der Waals surface area (Å²) in [5.41, 5.74) is 12.6. The van der Waals surface area contributed by atoms with E-state index in [0.717, 1.165) is 0 Å². The van der Waals surface area contributed by atoms with Crippen LogP contribution in [0.1, 0.15) is 11.1 Å². The van der Waals surface area contributed by atoms with E-state index in [9.17, 15) is 10.1 Å². The highest BCUT2D eigenvalue weighted by Crippen LogP contribution is 2.33. The van der Waals surface area contributed by atoms with Crippen molar-refractivity contribution in [1.29, 1.82) is 0 Å². The molecule has 0 amide bonds. The highest BCUT2D eigenvalue weighted by Gasteiger charge is 2.20. The van der Waals surface area contributed by atoms with Gasteiger partial charge in [0.15, 0.2) is 17.4 Å². The Morgan fingerprint density at radius 1 is 0.967 bits per heavy atom. The minimum atomic E-state index is -0.564. The normalized spacial score (nSPS) is 11.3. The second kappa shape index (κ2) is 10.1. The van der Waals surface area contributed by atoms with Crippen LogP contribution in [-0.2, 0) is 0 Å². The van der Waals surface area contributed by atoms with Crippen LogP contribution in [0.2, 0.25) is 0 Å². The topological polar surface area (TPSA) is 186 Å². The van der Waals surface area contributed by atoms with Crippen LogP contribution in [0.3, 0.4) is 0 Å². The van der Waals surface area contributed by atoms with Crippen LogP contribution >= 0.6 is 24.8 Å². The van der Waals surface area contributed by atoms with Crippen LogP contribution in [-0.4, -0.2) is 32.2 Å². The van der Waals surface area contributed by atoms with Crippen molar-refractivity contribution in [2.75, 3.05) is 0 Å². The van der Waals surface area contributed by atoms with Crippen LogP contribution < -0.4 is 11.5 Å². The molecule has 0 radical (unpaired) electrons. The smallest absolute Gasteiger partial charge is 0.278 e. The van der Waals surface area contributed by atoms with E-state index in [4.69, 9.17) is 26.4 Å². The maximum absolute atomic E-state index is 11.3. The van der Waals surface area contributed by atoms with Gasteiger partial charge in [-0.05, 0) is 12.1 Å². The molecule has 2 aromatic carbocycles. The Morgan fingerprint density at radius 2 is 1.53 bits per heavy atom. The maximum atomic E-state index is 11.3. The lowest BCUT2D eigenvalue weighted by Crippen LogP contribution is -2.13. The monoisotopic (exact) mass is 454 g/mol. The van der Waals surface area contributed by atoms with Crippen molar-refractivity contribution in [3.8, 4) is 22.6 Å². The summed E-state index contributed by atoms with van der Waals surface area (Å²) in [7, 11) is 0. The third kappa shape index (κ3) is 4.77. The first-order chi connectivity index (χ1) is 13.4. The van der Waals surface area contributed by atoms with Crippen molar-refractivity contribution >= 4 is 42.2 Å². The quantitative estimate of drug-likeness (QED) is 0.149. The summed E-state index contributed by atoms with van der Waals surface area (Å²) in [5.74, 6) is 0.114. The second-order valence-electron chi connectivity index (χ2n) is 5.61. The van der Waals surface area contributed by atoms with Gasteiger partial charge >= 0.3 is 0 Å². The average molecular weight is 455 g/mol. The molecule has 0 spiro atoms. The number of rotatable bonds is 5. The van der Waals surface area contributed by atoms with E-state index >= 15 is 0 Å². The maximum Gasteiger partial charge on any atom is 0.278 e. The number of amidine groups is 2. The molecule has 13 heteroatoms. The molecule has 6 N–H and O–H groups in total. The zero-order chi connectivity index (χ0) is 20.3. The molecule has 0 aliphatic carbocycles. The molecule has 1 aromatic heterocycles. The SMILES string of the molecule is Cl.Cl.N/C(=N\O)c1ccc(-c2cc(-c3cc(/C(N)=N/O)ccc3[N+](=O)[O-])no2)cc1. The van der Waals surface area contributed by atoms with Crippen LogP contribution in [0.15, 0.2) is 63.4 Å². The number of nitrogens with zero attached hydrogens (tertiary/aromatic N) is 4. The molecule has 0 saturated heterocycles. The Kier molecular flexibility index (Phi) is 8.14. The fourth-order valence-electron chi connectivity index (χ4n) is 2.52. The van der Waals surface area contributed by atoms with E-state index < -0.39 is 4.92 Å². The third-order valence-electron chi connectivity index (χ3n) is 3.96. The molecular formula is C17H16Cl2N6O5. The van der Waals surface area contributed by atoms with Gasteiger partial charge in [0.2, 0.25) is 0 Å². The summed E-state index contributed by atoms with van der Waals surface area (Å²) in [5, 5.41) is 38.6. The van der Waals surface area contributed by atoms with E-state index in [1.165, 1.54) is 24.3 Å². The number of hydrogen-bond acceptors (Lipinski definition) is 8. The summed E-state index contributed by atoms with van der Waals surface area (Å²) >= 11 is 0. The molecular weight excluding hydrogens is 439 g/mol. The molecule has 0 aliphatic rings. The number of hydrogen-bond donors (Lipinski definition) is 4. The Morgan fingerprint density at radius 3 is 2.10 bits per heavy atom. The molecule has 1 heterocycles. The summed E-state index contributed by atoms with van der Waals surface area (Å²) < 4.78 is 5.30. The van der Waals surface area contributed by atoms with Gasteiger partial charge in [0.05, 0.1) is 10.5 Å². The van der Waals surface area contributed by atoms with E-state index in [1.807, 2.05) is 0 Å². The van der Waals surface area contributed by atoms with Gasteiger partial charge < -0.3 is 26.4 Å². The standard InChI is InChI=1S/C17H14N6O5.2ClH/c18-16(20-24)10-3-1-9(2-4-10)15-8-13(22-28-15)12-7-11(17(19)21-25)5-6-14(12)23(26)27;;/h1-8,24-25H,(H2,18,20)(H2,19,21);2*1H. The van der Waals surface area contributed by atoms with Crippen LogP contribution in [0.25, 0.3) is 22.6 Å². The number of aromatic nitrogens is 1. The molecule has 0 unspecified atom stereocenters.